The van der Waals surface area contributed by atoms with Gasteiger partial charge in [-0.3, -0.25) is 14.9 Å². The van der Waals surface area contributed by atoms with Crippen molar-refractivity contribution >= 4 is 75.7 Å². The van der Waals surface area contributed by atoms with Crippen LogP contribution in [-0.2, 0) is 9.59 Å². The molecule has 1 aliphatic rings. The number of urea groups is 1. The summed E-state index contributed by atoms with van der Waals surface area (Å²) in [6.07, 6.45) is 1.37. The van der Waals surface area contributed by atoms with Crippen LogP contribution in [0, 0.1) is 0 Å². The molecular formula is C15H7Cl3N2O3S. The van der Waals surface area contributed by atoms with Crippen molar-refractivity contribution in [1.29, 1.82) is 0 Å². The molecule has 0 saturated carbocycles. The Morgan fingerprint density at radius 2 is 1.79 bits per heavy atom. The minimum Gasteiger partial charge on any atom is -0.273 e. The number of benzene rings is 1. The van der Waals surface area contributed by atoms with E-state index in [1.54, 1.807) is 18.2 Å². The molecule has 1 N–H and O–H groups in total. The van der Waals surface area contributed by atoms with Gasteiger partial charge in [0.2, 0.25) is 0 Å². The van der Waals surface area contributed by atoms with Gasteiger partial charge >= 0.3 is 6.03 Å². The highest BCUT2D eigenvalue weighted by Gasteiger charge is 2.38. The first-order valence-corrected chi connectivity index (χ1v) is 8.44. The van der Waals surface area contributed by atoms with Crippen LogP contribution in [0.5, 0.6) is 0 Å². The zero-order valence-corrected chi connectivity index (χ0v) is 14.8. The number of carbonyl (C=O) groups excluding carboxylic acids is 3. The van der Waals surface area contributed by atoms with E-state index in [4.69, 9.17) is 34.8 Å². The molecule has 1 aromatic heterocycles. The van der Waals surface area contributed by atoms with Crippen LogP contribution in [0.15, 0.2) is 35.9 Å². The second-order valence-electron chi connectivity index (χ2n) is 4.67. The monoisotopic (exact) mass is 400 g/mol. The van der Waals surface area contributed by atoms with Crippen molar-refractivity contribution < 1.29 is 14.4 Å². The van der Waals surface area contributed by atoms with Gasteiger partial charge in [0, 0.05) is 4.88 Å². The summed E-state index contributed by atoms with van der Waals surface area (Å²) in [4.78, 5) is 38.2. The van der Waals surface area contributed by atoms with E-state index < -0.39 is 17.8 Å². The molecule has 0 unspecified atom stereocenters. The summed E-state index contributed by atoms with van der Waals surface area (Å²) in [5.74, 6) is -1.58. The highest BCUT2D eigenvalue weighted by Crippen LogP contribution is 2.34. The maximum atomic E-state index is 12.7. The van der Waals surface area contributed by atoms with Gasteiger partial charge in [0.25, 0.3) is 11.8 Å². The van der Waals surface area contributed by atoms with E-state index in [1.807, 2.05) is 0 Å². The van der Waals surface area contributed by atoms with Gasteiger partial charge < -0.3 is 0 Å². The van der Waals surface area contributed by atoms with Gasteiger partial charge in [-0.05, 0) is 30.3 Å². The molecule has 1 saturated heterocycles. The normalized spacial score (nSPS) is 16.7. The topological polar surface area (TPSA) is 66.5 Å². The molecular weight excluding hydrogens is 395 g/mol. The number of imide groups is 2. The van der Waals surface area contributed by atoms with Crippen LogP contribution in [0.25, 0.3) is 6.08 Å². The number of barbiturate groups is 1. The highest BCUT2D eigenvalue weighted by atomic mass is 35.5. The number of thiophene rings is 1. The zero-order chi connectivity index (χ0) is 17.4. The van der Waals surface area contributed by atoms with Crippen molar-refractivity contribution in [3.63, 3.8) is 0 Å². The van der Waals surface area contributed by atoms with E-state index in [9.17, 15) is 14.4 Å². The van der Waals surface area contributed by atoms with Crippen LogP contribution in [0.1, 0.15) is 4.88 Å². The molecule has 24 heavy (non-hydrogen) atoms. The maximum absolute atomic E-state index is 12.7. The van der Waals surface area contributed by atoms with E-state index in [0.717, 1.165) is 4.90 Å². The third-order valence-corrected chi connectivity index (χ3v) is 5.14. The summed E-state index contributed by atoms with van der Waals surface area (Å²) < 4.78 is 0.510. The summed E-state index contributed by atoms with van der Waals surface area (Å²) in [5, 5.41) is 2.33. The lowest BCUT2D eigenvalue weighted by atomic mass is 10.1. The molecule has 2 heterocycles. The Hall–Kier alpha value is -1.86. The van der Waals surface area contributed by atoms with Gasteiger partial charge in [0.1, 0.15) is 5.57 Å². The predicted molar refractivity (Wildman–Crippen MR) is 94.8 cm³/mol. The summed E-state index contributed by atoms with van der Waals surface area (Å²) in [6.45, 7) is 0. The molecule has 4 amide bonds. The minimum absolute atomic E-state index is 0.0375. The summed E-state index contributed by atoms with van der Waals surface area (Å²) in [7, 11) is 0. The van der Waals surface area contributed by atoms with E-state index in [2.05, 4.69) is 5.32 Å². The summed E-state index contributed by atoms with van der Waals surface area (Å²) >= 11 is 19.0. The van der Waals surface area contributed by atoms with Gasteiger partial charge in [-0.2, -0.15) is 0 Å². The maximum Gasteiger partial charge on any atom is 0.336 e. The molecule has 0 radical (unpaired) electrons. The zero-order valence-electron chi connectivity index (χ0n) is 11.7. The number of anilines is 1. The van der Waals surface area contributed by atoms with Crippen molar-refractivity contribution in [2.24, 2.45) is 0 Å². The highest BCUT2D eigenvalue weighted by molar-refractivity contribution is 7.17. The van der Waals surface area contributed by atoms with Crippen molar-refractivity contribution in [3.05, 3.63) is 55.2 Å². The van der Waals surface area contributed by atoms with Crippen LogP contribution in [-0.4, -0.2) is 17.8 Å². The summed E-state index contributed by atoms with van der Waals surface area (Å²) in [6, 6.07) is 6.93. The van der Waals surface area contributed by atoms with Crippen molar-refractivity contribution in [3.8, 4) is 0 Å². The van der Waals surface area contributed by atoms with Crippen molar-refractivity contribution in [1.82, 2.24) is 5.32 Å². The van der Waals surface area contributed by atoms with Crippen LogP contribution in [0.4, 0.5) is 10.5 Å². The first kappa shape index (κ1) is 17.0. The molecule has 0 aliphatic carbocycles. The van der Waals surface area contributed by atoms with E-state index in [1.165, 1.54) is 29.5 Å². The summed E-state index contributed by atoms with van der Waals surface area (Å²) in [5.41, 5.74) is -0.113. The van der Waals surface area contributed by atoms with Gasteiger partial charge in [0.15, 0.2) is 0 Å². The lowest BCUT2D eigenvalue weighted by Gasteiger charge is -2.27. The lowest BCUT2D eigenvalue weighted by Crippen LogP contribution is -2.54. The Balaban J connectivity index is 2.06. The Labute approximate surface area is 155 Å². The molecule has 1 fully saturated rings. The number of nitrogens with zero attached hydrogens (tertiary/aromatic N) is 1. The number of halogens is 3. The molecule has 3 rings (SSSR count). The van der Waals surface area contributed by atoms with E-state index >= 15 is 0 Å². The minimum atomic E-state index is -0.893. The largest absolute Gasteiger partial charge is 0.336 e. The first-order valence-electron chi connectivity index (χ1n) is 6.49. The molecule has 2 aromatic rings. The lowest BCUT2D eigenvalue weighted by molar-refractivity contribution is -0.122. The van der Waals surface area contributed by atoms with Gasteiger partial charge in [0.05, 0.1) is 20.1 Å². The molecule has 0 bridgehead atoms. The fraction of sp³-hybridized carbons (Fsp3) is 0. The number of amides is 4. The number of rotatable bonds is 2. The van der Waals surface area contributed by atoms with Crippen molar-refractivity contribution in [2.75, 3.05) is 4.90 Å². The quantitative estimate of drug-likeness (QED) is 0.600. The van der Waals surface area contributed by atoms with Gasteiger partial charge in [-0.15, -0.1) is 11.3 Å². The first-order chi connectivity index (χ1) is 11.4. The second-order valence-corrected chi connectivity index (χ2v) is 7.20. The molecule has 0 spiro atoms. The van der Waals surface area contributed by atoms with Gasteiger partial charge in [-0.1, -0.05) is 40.9 Å². The van der Waals surface area contributed by atoms with Crippen LogP contribution in [0.2, 0.25) is 14.4 Å². The number of hydrogen-bond donors (Lipinski definition) is 1. The second kappa shape index (κ2) is 6.57. The Bertz CT molecular complexity index is 907. The smallest absolute Gasteiger partial charge is 0.273 e. The number of hydrogen-bond acceptors (Lipinski definition) is 4. The third-order valence-electron chi connectivity index (χ3n) is 3.15. The third kappa shape index (κ3) is 3.06. The molecule has 9 heteroatoms. The Morgan fingerprint density at radius 1 is 1.04 bits per heavy atom. The van der Waals surface area contributed by atoms with Crippen molar-refractivity contribution in [2.45, 2.75) is 0 Å². The number of nitrogens with one attached hydrogen (secondary N) is 1. The number of carbonyl (C=O) groups is 3. The average Bonchev–Trinajstić information content (AvgIpc) is 2.93. The molecule has 1 aromatic carbocycles. The molecule has 1 aliphatic heterocycles. The van der Waals surface area contributed by atoms with E-state index in [0.29, 0.717) is 9.21 Å². The van der Waals surface area contributed by atoms with Crippen LogP contribution in [0.3, 0.4) is 0 Å². The SMILES string of the molecule is O=C1NC(=O)N(c2cccc(Cl)c2Cl)C(=O)/C1=C/c1ccc(Cl)s1. The molecule has 0 atom stereocenters. The van der Waals surface area contributed by atoms with E-state index in [-0.39, 0.29) is 21.3 Å². The average molecular weight is 402 g/mol. The fourth-order valence-electron chi connectivity index (χ4n) is 2.09. The Kier molecular flexibility index (Phi) is 4.64. The standard InChI is InChI=1S/C15H7Cl3N2O3S/c16-9-2-1-3-10(12(9)18)20-14(22)8(13(21)19-15(20)23)6-7-4-5-11(17)24-7/h1-6H,(H,19,21,23)/b8-6+. The Morgan fingerprint density at radius 3 is 2.46 bits per heavy atom. The van der Waals surface area contributed by atoms with Crippen LogP contribution >= 0.6 is 46.1 Å². The van der Waals surface area contributed by atoms with Gasteiger partial charge in [-0.25, -0.2) is 9.69 Å². The fourth-order valence-corrected chi connectivity index (χ4v) is 3.47. The molecule has 122 valence electrons. The molecule has 5 nitrogen and oxygen atoms in total. The predicted octanol–water partition coefficient (Wildman–Crippen LogP) is 4.37. The van der Waals surface area contributed by atoms with Crippen LogP contribution < -0.4 is 10.2 Å².